The Morgan fingerprint density at radius 1 is 0.939 bits per heavy atom. The molecule has 1 saturated carbocycles. The van der Waals surface area contributed by atoms with Crippen LogP contribution in [0.4, 0.5) is 5.69 Å². The van der Waals surface area contributed by atoms with Gasteiger partial charge < -0.3 is 15.0 Å². The van der Waals surface area contributed by atoms with Gasteiger partial charge in [-0.25, -0.2) is 0 Å². The summed E-state index contributed by atoms with van der Waals surface area (Å²) in [6.07, 6.45) is 3.91. The fourth-order valence-corrected chi connectivity index (χ4v) is 5.74. The van der Waals surface area contributed by atoms with Crippen LogP contribution >= 0.6 is 0 Å². The second-order valence-corrected chi connectivity index (χ2v) is 9.53. The fourth-order valence-electron chi connectivity index (χ4n) is 5.74. The summed E-state index contributed by atoms with van der Waals surface area (Å²) in [5.74, 6) is 0.107. The number of ether oxygens (including phenoxy) is 1. The lowest BCUT2D eigenvalue weighted by Gasteiger charge is -2.53. The number of nitriles is 1. The molecule has 2 heterocycles. The number of benzene rings is 2. The Hall–Kier alpha value is -2.88. The van der Waals surface area contributed by atoms with Crippen LogP contribution in [-0.2, 0) is 10.2 Å². The van der Waals surface area contributed by atoms with Gasteiger partial charge in [-0.1, -0.05) is 42.5 Å². The van der Waals surface area contributed by atoms with E-state index in [1.54, 1.807) is 0 Å². The molecule has 1 saturated heterocycles. The largest absolute Gasteiger partial charge is 0.379 e. The number of amides is 1. The molecule has 5 rings (SSSR count). The molecular formula is C27H32N4O2. The normalized spacial score (nSPS) is 27.6. The van der Waals surface area contributed by atoms with Crippen molar-refractivity contribution >= 4 is 11.6 Å². The van der Waals surface area contributed by atoms with Crippen molar-refractivity contribution in [3.05, 3.63) is 65.7 Å². The average molecular weight is 445 g/mol. The van der Waals surface area contributed by atoms with Crippen molar-refractivity contribution in [2.75, 3.05) is 44.7 Å². The summed E-state index contributed by atoms with van der Waals surface area (Å²) in [6, 6.07) is 20.6. The van der Waals surface area contributed by atoms with Gasteiger partial charge in [0.2, 0.25) is 0 Å². The first-order chi connectivity index (χ1) is 16.2. The smallest absolute Gasteiger partial charge is 0.257 e. The third-order valence-corrected chi connectivity index (χ3v) is 7.72. The molecule has 0 aromatic heterocycles. The van der Waals surface area contributed by atoms with Crippen LogP contribution in [0.2, 0.25) is 0 Å². The predicted octanol–water partition coefficient (Wildman–Crippen LogP) is 4.01. The maximum atomic E-state index is 13.7. The number of morpholine rings is 1. The van der Waals surface area contributed by atoms with Crippen LogP contribution in [0.5, 0.6) is 0 Å². The summed E-state index contributed by atoms with van der Waals surface area (Å²) in [6.45, 7) is 5.18. The molecule has 33 heavy (non-hydrogen) atoms. The fraction of sp³-hybridized carbons (Fsp3) is 0.481. The summed E-state index contributed by atoms with van der Waals surface area (Å²) in [5, 5.41) is 13.9. The molecule has 2 fully saturated rings. The van der Waals surface area contributed by atoms with Gasteiger partial charge in [0.05, 0.1) is 30.3 Å². The number of hydrogen-bond donors (Lipinski definition) is 1. The van der Waals surface area contributed by atoms with E-state index in [0.717, 1.165) is 81.8 Å². The Bertz CT molecular complexity index is 1020. The zero-order chi connectivity index (χ0) is 22.7. The molecule has 3 aliphatic rings. The third-order valence-electron chi connectivity index (χ3n) is 7.72. The van der Waals surface area contributed by atoms with E-state index in [9.17, 15) is 10.1 Å². The minimum absolute atomic E-state index is 0.107. The van der Waals surface area contributed by atoms with Gasteiger partial charge in [0.25, 0.3) is 5.91 Å². The molecule has 1 N–H and O–H groups in total. The lowest BCUT2D eigenvalue weighted by Crippen LogP contribution is -2.62. The summed E-state index contributed by atoms with van der Waals surface area (Å²) < 4.78 is 5.47. The second kappa shape index (κ2) is 9.17. The molecule has 1 aliphatic carbocycles. The Balaban J connectivity index is 1.38. The Morgan fingerprint density at radius 2 is 1.64 bits per heavy atom. The van der Waals surface area contributed by atoms with Crippen LogP contribution in [0, 0.1) is 11.3 Å². The molecule has 1 spiro atoms. The summed E-state index contributed by atoms with van der Waals surface area (Å²) in [5.41, 5.74) is 1.81. The molecule has 6 heteroatoms. The van der Waals surface area contributed by atoms with Crippen molar-refractivity contribution in [2.45, 2.75) is 43.2 Å². The van der Waals surface area contributed by atoms with E-state index >= 15 is 0 Å². The van der Waals surface area contributed by atoms with Gasteiger partial charge in [0.15, 0.2) is 0 Å². The van der Waals surface area contributed by atoms with Crippen molar-refractivity contribution in [1.82, 2.24) is 9.80 Å². The topological polar surface area (TPSA) is 68.6 Å². The van der Waals surface area contributed by atoms with Crippen LogP contribution in [-0.4, -0.2) is 60.8 Å². The maximum Gasteiger partial charge on any atom is 0.257 e. The lowest BCUT2D eigenvalue weighted by molar-refractivity contribution is 0.0235. The van der Waals surface area contributed by atoms with E-state index in [-0.39, 0.29) is 5.91 Å². The average Bonchev–Trinajstić information content (AvgIpc) is 2.88. The van der Waals surface area contributed by atoms with E-state index in [0.29, 0.717) is 6.54 Å². The second-order valence-electron chi connectivity index (χ2n) is 9.53. The quantitative estimate of drug-likeness (QED) is 0.755. The molecule has 0 atom stereocenters. The van der Waals surface area contributed by atoms with E-state index < -0.39 is 11.1 Å². The van der Waals surface area contributed by atoms with Gasteiger partial charge in [-0.05, 0) is 49.8 Å². The van der Waals surface area contributed by atoms with Crippen molar-refractivity contribution in [3.8, 4) is 6.07 Å². The molecule has 2 aromatic rings. The Morgan fingerprint density at radius 3 is 2.36 bits per heavy atom. The van der Waals surface area contributed by atoms with Crippen molar-refractivity contribution in [2.24, 2.45) is 0 Å². The molecule has 0 radical (unpaired) electrons. The van der Waals surface area contributed by atoms with E-state index in [1.165, 1.54) is 0 Å². The Kier molecular flexibility index (Phi) is 6.09. The highest BCUT2D eigenvalue weighted by Crippen LogP contribution is 2.47. The number of rotatable bonds is 5. The number of hydrogen-bond acceptors (Lipinski definition) is 5. The highest BCUT2D eigenvalue weighted by molar-refractivity contribution is 6.02. The minimum Gasteiger partial charge on any atom is -0.379 e. The monoisotopic (exact) mass is 444 g/mol. The molecule has 6 nitrogen and oxygen atoms in total. The predicted molar refractivity (Wildman–Crippen MR) is 128 cm³/mol. The first-order valence-electron chi connectivity index (χ1n) is 12.1. The van der Waals surface area contributed by atoms with Crippen molar-refractivity contribution < 1.29 is 9.53 Å². The SMILES string of the molecule is N#CC1(c2ccccc2)CCC2(CC1)Nc1ccccc1C(=O)N2CCCN1CCOCC1. The van der Waals surface area contributed by atoms with Gasteiger partial charge >= 0.3 is 0 Å². The number of carbonyl (C=O) groups is 1. The molecule has 1 amide bonds. The Labute approximate surface area is 196 Å². The molecular weight excluding hydrogens is 412 g/mol. The van der Waals surface area contributed by atoms with Crippen LogP contribution in [0.3, 0.4) is 0 Å². The lowest BCUT2D eigenvalue weighted by atomic mass is 9.66. The van der Waals surface area contributed by atoms with Gasteiger partial charge in [-0.15, -0.1) is 0 Å². The zero-order valence-electron chi connectivity index (χ0n) is 19.1. The number of para-hydroxylation sites is 1. The minimum atomic E-state index is -0.492. The number of nitrogens with zero attached hydrogens (tertiary/aromatic N) is 3. The number of fused-ring (bicyclic) bond motifs is 1. The van der Waals surface area contributed by atoms with E-state index in [1.807, 2.05) is 42.5 Å². The highest BCUT2D eigenvalue weighted by Gasteiger charge is 2.50. The van der Waals surface area contributed by atoms with E-state index in [4.69, 9.17) is 4.74 Å². The van der Waals surface area contributed by atoms with Crippen molar-refractivity contribution in [3.63, 3.8) is 0 Å². The molecule has 2 aliphatic heterocycles. The molecule has 2 aromatic carbocycles. The maximum absolute atomic E-state index is 13.7. The molecule has 172 valence electrons. The first-order valence-corrected chi connectivity index (χ1v) is 12.1. The third kappa shape index (κ3) is 4.12. The van der Waals surface area contributed by atoms with Crippen molar-refractivity contribution in [1.29, 1.82) is 5.26 Å². The highest BCUT2D eigenvalue weighted by atomic mass is 16.5. The number of carbonyl (C=O) groups excluding carboxylic acids is 1. The molecule has 0 bridgehead atoms. The standard InChI is InChI=1S/C27H32N4O2/c28-21-26(22-7-2-1-3-8-22)11-13-27(14-12-26)29-24-10-5-4-9-23(24)25(32)31(27)16-6-15-30-17-19-33-20-18-30/h1-5,7-10,29H,6,11-20H2. The van der Waals surface area contributed by atoms with Crippen LogP contribution < -0.4 is 5.32 Å². The number of anilines is 1. The van der Waals surface area contributed by atoms with Gasteiger partial charge in [-0.2, -0.15) is 5.26 Å². The summed E-state index contributed by atoms with van der Waals surface area (Å²) in [7, 11) is 0. The van der Waals surface area contributed by atoms with Gasteiger partial charge in [0, 0.05) is 31.9 Å². The van der Waals surface area contributed by atoms with E-state index in [2.05, 4.69) is 33.3 Å². The van der Waals surface area contributed by atoms with Gasteiger partial charge in [-0.3, -0.25) is 9.69 Å². The number of nitrogens with one attached hydrogen (secondary N) is 1. The van der Waals surface area contributed by atoms with Crippen LogP contribution in [0.15, 0.2) is 54.6 Å². The van der Waals surface area contributed by atoms with Crippen LogP contribution in [0.25, 0.3) is 0 Å². The summed E-state index contributed by atoms with van der Waals surface area (Å²) in [4.78, 5) is 18.2. The first kappa shape index (κ1) is 21.9. The molecule has 0 unspecified atom stereocenters. The zero-order valence-corrected chi connectivity index (χ0v) is 19.1. The van der Waals surface area contributed by atoms with Gasteiger partial charge in [0.1, 0.15) is 5.66 Å². The summed E-state index contributed by atoms with van der Waals surface area (Å²) >= 11 is 0. The van der Waals surface area contributed by atoms with Crippen LogP contribution in [0.1, 0.15) is 48.0 Å².